The molecule has 110 valence electrons. The molecule has 3 N–H and O–H groups in total. The highest BCUT2D eigenvalue weighted by Gasteiger charge is 2.14. The number of nitrogens with two attached hydrogens (primary N) is 1. The van der Waals surface area contributed by atoms with Gasteiger partial charge in [-0.25, -0.2) is 0 Å². The number of hydrogen-bond donors (Lipinski definition) is 2. The molecule has 2 rings (SSSR count). The van der Waals surface area contributed by atoms with Crippen molar-refractivity contribution in [1.29, 1.82) is 0 Å². The first-order valence-corrected chi connectivity index (χ1v) is 6.99. The fraction of sp³-hybridized carbons (Fsp3) is 0.312. The number of nitrogens with zero attached hydrogens (tertiary/aromatic N) is 2. The number of hydrogen-bond acceptors (Lipinski definition) is 4. The molecule has 0 spiro atoms. The molecule has 0 atom stereocenters. The quantitative estimate of drug-likeness (QED) is 0.903. The maximum atomic E-state index is 12.5. The van der Waals surface area contributed by atoms with E-state index in [2.05, 4.69) is 15.5 Å². The van der Waals surface area contributed by atoms with Gasteiger partial charge in [0.25, 0.3) is 5.91 Å². The molecule has 1 heterocycles. The zero-order chi connectivity index (χ0) is 15.4. The summed E-state index contributed by atoms with van der Waals surface area (Å²) in [4.78, 5) is 12.5. The molecule has 0 bridgehead atoms. The Morgan fingerprint density at radius 3 is 2.67 bits per heavy atom. The number of carbonyl (C=O) groups excluding carboxylic acids is 1. The Hall–Kier alpha value is -2.27. The molecule has 0 fully saturated rings. The van der Waals surface area contributed by atoms with Crippen molar-refractivity contribution >= 4 is 11.6 Å². The van der Waals surface area contributed by atoms with Gasteiger partial charge in [0.15, 0.2) is 0 Å². The molecule has 5 heteroatoms. The zero-order valence-electron chi connectivity index (χ0n) is 12.6. The highest BCUT2D eigenvalue weighted by Crippen LogP contribution is 2.18. The van der Waals surface area contributed by atoms with E-state index in [0.717, 1.165) is 22.5 Å². The molecular weight excluding hydrogens is 264 g/mol. The second-order valence-electron chi connectivity index (χ2n) is 5.01. The van der Waals surface area contributed by atoms with Crippen LogP contribution in [0.2, 0.25) is 0 Å². The average Bonchev–Trinajstić information content (AvgIpc) is 2.49. The summed E-state index contributed by atoms with van der Waals surface area (Å²) >= 11 is 0. The summed E-state index contributed by atoms with van der Waals surface area (Å²) < 4.78 is 0. The minimum Gasteiger partial charge on any atom is -0.326 e. The van der Waals surface area contributed by atoms with Crippen LogP contribution in [0, 0.1) is 13.8 Å². The van der Waals surface area contributed by atoms with Gasteiger partial charge in [-0.1, -0.05) is 19.1 Å². The number of aromatic nitrogens is 2. The summed E-state index contributed by atoms with van der Waals surface area (Å²) in [6.07, 6.45) is 0.665. The van der Waals surface area contributed by atoms with Gasteiger partial charge in [0, 0.05) is 12.2 Å². The van der Waals surface area contributed by atoms with Gasteiger partial charge in [-0.15, -0.1) is 0 Å². The van der Waals surface area contributed by atoms with Crippen LogP contribution >= 0.6 is 0 Å². The van der Waals surface area contributed by atoms with E-state index in [9.17, 15) is 4.79 Å². The lowest BCUT2D eigenvalue weighted by Crippen LogP contribution is -2.17. The van der Waals surface area contributed by atoms with Crippen molar-refractivity contribution in [3.8, 4) is 0 Å². The Kier molecular flexibility index (Phi) is 4.65. The molecule has 1 aromatic carbocycles. The first kappa shape index (κ1) is 15.1. The number of anilines is 1. The maximum Gasteiger partial charge on any atom is 0.257 e. The lowest BCUT2D eigenvalue weighted by atomic mass is 10.1. The normalized spacial score (nSPS) is 10.5. The third kappa shape index (κ3) is 3.44. The summed E-state index contributed by atoms with van der Waals surface area (Å²) in [6, 6.07) is 7.58. The Labute approximate surface area is 124 Å². The summed E-state index contributed by atoms with van der Waals surface area (Å²) in [5.41, 5.74) is 10.4. The first-order valence-electron chi connectivity index (χ1n) is 6.99. The number of carbonyl (C=O) groups is 1. The summed E-state index contributed by atoms with van der Waals surface area (Å²) in [7, 11) is 0. The van der Waals surface area contributed by atoms with Gasteiger partial charge in [-0.3, -0.25) is 4.79 Å². The van der Waals surface area contributed by atoms with Crippen LogP contribution in [0.25, 0.3) is 0 Å². The third-order valence-electron chi connectivity index (χ3n) is 3.36. The van der Waals surface area contributed by atoms with Gasteiger partial charge >= 0.3 is 0 Å². The lowest BCUT2D eigenvalue weighted by Gasteiger charge is -2.12. The SMILES string of the molecule is CCc1nnc(C)cc1C(=O)Nc1cc(CN)ccc1C. The van der Waals surface area contributed by atoms with Crippen molar-refractivity contribution in [3.05, 3.63) is 52.3 Å². The van der Waals surface area contributed by atoms with Crippen LogP contribution in [0.4, 0.5) is 5.69 Å². The molecular formula is C16H20N4O. The second-order valence-corrected chi connectivity index (χ2v) is 5.01. The predicted octanol–water partition coefficient (Wildman–Crippen LogP) is 2.37. The van der Waals surface area contributed by atoms with Crippen molar-refractivity contribution < 1.29 is 4.79 Å². The first-order chi connectivity index (χ1) is 10.0. The monoisotopic (exact) mass is 284 g/mol. The molecule has 0 saturated carbocycles. The lowest BCUT2D eigenvalue weighted by molar-refractivity contribution is 0.102. The van der Waals surface area contributed by atoms with Crippen LogP contribution in [0.3, 0.4) is 0 Å². The number of nitrogens with one attached hydrogen (secondary N) is 1. The minimum absolute atomic E-state index is 0.165. The van der Waals surface area contributed by atoms with Crippen molar-refractivity contribution in [3.63, 3.8) is 0 Å². The van der Waals surface area contributed by atoms with Crippen LogP contribution in [-0.2, 0) is 13.0 Å². The highest BCUT2D eigenvalue weighted by atomic mass is 16.1. The van der Waals surface area contributed by atoms with E-state index in [1.54, 1.807) is 6.07 Å². The molecule has 2 aromatic rings. The molecule has 1 amide bonds. The fourth-order valence-corrected chi connectivity index (χ4v) is 2.09. The molecule has 0 radical (unpaired) electrons. The highest BCUT2D eigenvalue weighted by molar-refractivity contribution is 6.05. The van der Waals surface area contributed by atoms with Gasteiger partial charge in [0.05, 0.1) is 17.0 Å². The fourth-order valence-electron chi connectivity index (χ4n) is 2.09. The molecule has 0 aliphatic heterocycles. The summed E-state index contributed by atoms with van der Waals surface area (Å²) in [5.74, 6) is -0.165. The van der Waals surface area contributed by atoms with Gasteiger partial charge in [-0.05, 0) is 43.5 Å². The Balaban J connectivity index is 2.32. The van der Waals surface area contributed by atoms with Crippen molar-refractivity contribution in [2.24, 2.45) is 5.73 Å². The van der Waals surface area contributed by atoms with E-state index >= 15 is 0 Å². The summed E-state index contributed by atoms with van der Waals surface area (Å²) in [5, 5.41) is 11.0. The minimum atomic E-state index is -0.165. The van der Waals surface area contributed by atoms with Gasteiger partial charge in [-0.2, -0.15) is 10.2 Å². The van der Waals surface area contributed by atoms with Crippen molar-refractivity contribution in [1.82, 2.24) is 10.2 Å². The second kappa shape index (κ2) is 6.45. The number of amides is 1. The molecule has 0 saturated heterocycles. The molecule has 21 heavy (non-hydrogen) atoms. The Morgan fingerprint density at radius 1 is 1.24 bits per heavy atom. The summed E-state index contributed by atoms with van der Waals surface area (Å²) in [6.45, 7) is 6.17. The van der Waals surface area contributed by atoms with Crippen molar-refractivity contribution in [2.75, 3.05) is 5.32 Å². The van der Waals surface area contributed by atoms with Crippen LogP contribution in [0.1, 0.15) is 39.8 Å². The van der Waals surface area contributed by atoms with Crippen LogP contribution < -0.4 is 11.1 Å². The van der Waals surface area contributed by atoms with E-state index < -0.39 is 0 Å². The largest absolute Gasteiger partial charge is 0.326 e. The Bertz CT molecular complexity index is 667. The topological polar surface area (TPSA) is 80.9 Å². The van der Waals surface area contributed by atoms with E-state index in [1.165, 1.54) is 0 Å². The molecule has 0 aliphatic carbocycles. The zero-order valence-corrected chi connectivity index (χ0v) is 12.6. The smallest absolute Gasteiger partial charge is 0.257 e. The maximum absolute atomic E-state index is 12.5. The molecule has 5 nitrogen and oxygen atoms in total. The predicted molar refractivity (Wildman–Crippen MR) is 83.2 cm³/mol. The van der Waals surface area contributed by atoms with Crippen LogP contribution in [0.15, 0.2) is 24.3 Å². The Morgan fingerprint density at radius 2 is 2.00 bits per heavy atom. The molecule has 1 aromatic heterocycles. The van der Waals surface area contributed by atoms with E-state index in [-0.39, 0.29) is 5.91 Å². The van der Waals surface area contributed by atoms with E-state index in [1.807, 2.05) is 39.0 Å². The van der Waals surface area contributed by atoms with Gasteiger partial charge < -0.3 is 11.1 Å². The van der Waals surface area contributed by atoms with Crippen LogP contribution in [0.5, 0.6) is 0 Å². The number of benzene rings is 1. The third-order valence-corrected chi connectivity index (χ3v) is 3.36. The average molecular weight is 284 g/mol. The number of rotatable bonds is 4. The van der Waals surface area contributed by atoms with E-state index in [4.69, 9.17) is 5.73 Å². The van der Waals surface area contributed by atoms with Gasteiger partial charge in [0.1, 0.15) is 0 Å². The van der Waals surface area contributed by atoms with E-state index in [0.29, 0.717) is 24.2 Å². The molecule has 0 unspecified atom stereocenters. The standard InChI is InChI=1S/C16H20N4O/c1-4-14-13(7-11(3)19-20-14)16(21)18-15-8-12(9-17)6-5-10(15)2/h5-8H,4,9,17H2,1-3H3,(H,18,21). The van der Waals surface area contributed by atoms with Crippen molar-refractivity contribution in [2.45, 2.75) is 33.7 Å². The van der Waals surface area contributed by atoms with Crippen LogP contribution in [-0.4, -0.2) is 16.1 Å². The number of aryl methyl sites for hydroxylation is 3. The molecule has 0 aliphatic rings. The van der Waals surface area contributed by atoms with Gasteiger partial charge in [0.2, 0.25) is 0 Å².